The summed E-state index contributed by atoms with van der Waals surface area (Å²) in [5.74, 6) is 0.736. The molecule has 2 heterocycles. The summed E-state index contributed by atoms with van der Waals surface area (Å²) in [5, 5.41) is 9.95. The average Bonchev–Trinajstić information content (AvgIpc) is 2.73. The van der Waals surface area contributed by atoms with E-state index in [0.29, 0.717) is 5.69 Å². The number of aryl methyl sites for hydroxylation is 2. The van der Waals surface area contributed by atoms with Crippen LogP contribution in [-0.4, -0.2) is 14.8 Å². The Morgan fingerprint density at radius 1 is 1.56 bits per heavy atom. The fraction of sp³-hybridized carbons (Fsp3) is 0.273. The normalized spacial score (nSPS) is 10.4. The molecule has 0 amide bonds. The lowest BCUT2D eigenvalue weighted by Crippen LogP contribution is -2.18. The minimum Gasteiger partial charge on any atom is -0.336 e. The SMILES string of the molecule is CCc1cc(Nc2cccn(C)c2=O)[nH]n1. The van der Waals surface area contributed by atoms with E-state index in [-0.39, 0.29) is 5.56 Å². The van der Waals surface area contributed by atoms with Gasteiger partial charge in [-0.2, -0.15) is 5.10 Å². The van der Waals surface area contributed by atoms with Crippen LogP contribution in [0.4, 0.5) is 11.5 Å². The van der Waals surface area contributed by atoms with Crippen LogP contribution in [-0.2, 0) is 13.5 Å². The fourth-order valence-corrected chi connectivity index (χ4v) is 1.45. The van der Waals surface area contributed by atoms with Gasteiger partial charge in [-0.3, -0.25) is 9.89 Å². The molecule has 5 heteroatoms. The van der Waals surface area contributed by atoms with Crippen molar-refractivity contribution < 1.29 is 0 Å². The molecule has 0 aromatic carbocycles. The molecule has 5 nitrogen and oxygen atoms in total. The van der Waals surface area contributed by atoms with Crippen molar-refractivity contribution in [2.24, 2.45) is 7.05 Å². The minimum absolute atomic E-state index is 0.0600. The summed E-state index contributed by atoms with van der Waals surface area (Å²) < 4.78 is 1.53. The quantitative estimate of drug-likeness (QED) is 0.818. The maximum atomic E-state index is 11.7. The van der Waals surface area contributed by atoms with Crippen LogP contribution < -0.4 is 10.9 Å². The zero-order chi connectivity index (χ0) is 11.5. The van der Waals surface area contributed by atoms with E-state index in [1.807, 2.05) is 19.1 Å². The molecule has 0 saturated carbocycles. The van der Waals surface area contributed by atoms with Crippen LogP contribution in [0, 0.1) is 0 Å². The molecule has 0 fully saturated rings. The van der Waals surface area contributed by atoms with E-state index in [4.69, 9.17) is 0 Å². The zero-order valence-electron chi connectivity index (χ0n) is 9.32. The summed E-state index contributed by atoms with van der Waals surface area (Å²) >= 11 is 0. The molecule has 2 N–H and O–H groups in total. The van der Waals surface area contributed by atoms with E-state index in [9.17, 15) is 4.79 Å². The van der Waals surface area contributed by atoms with Crippen LogP contribution in [0.25, 0.3) is 0 Å². The third-order valence-corrected chi connectivity index (χ3v) is 2.39. The highest BCUT2D eigenvalue weighted by atomic mass is 16.1. The molecule has 84 valence electrons. The first-order valence-electron chi connectivity index (χ1n) is 5.17. The van der Waals surface area contributed by atoms with Crippen LogP contribution in [0.5, 0.6) is 0 Å². The van der Waals surface area contributed by atoms with Gasteiger partial charge in [-0.25, -0.2) is 0 Å². The first kappa shape index (κ1) is 10.5. The van der Waals surface area contributed by atoms with Gasteiger partial charge in [-0.05, 0) is 18.6 Å². The molecule has 2 aromatic rings. The van der Waals surface area contributed by atoms with Crippen molar-refractivity contribution in [2.45, 2.75) is 13.3 Å². The van der Waals surface area contributed by atoms with Gasteiger partial charge >= 0.3 is 0 Å². The number of nitrogens with one attached hydrogen (secondary N) is 2. The van der Waals surface area contributed by atoms with Crippen molar-refractivity contribution >= 4 is 11.5 Å². The molecule has 0 radical (unpaired) electrons. The second kappa shape index (κ2) is 4.22. The Labute approximate surface area is 93.1 Å². The Balaban J connectivity index is 2.27. The lowest BCUT2D eigenvalue weighted by atomic mass is 10.3. The van der Waals surface area contributed by atoms with Gasteiger partial charge in [0.2, 0.25) is 0 Å². The maximum absolute atomic E-state index is 11.7. The smallest absolute Gasteiger partial charge is 0.274 e. The van der Waals surface area contributed by atoms with Gasteiger partial charge < -0.3 is 9.88 Å². The molecule has 0 aliphatic rings. The molecule has 2 aromatic heterocycles. The number of H-pyrrole nitrogens is 1. The Morgan fingerprint density at radius 2 is 2.38 bits per heavy atom. The number of hydrogen-bond donors (Lipinski definition) is 2. The third-order valence-electron chi connectivity index (χ3n) is 2.39. The molecule has 0 bridgehead atoms. The molecule has 0 unspecified atom stereocenters. The highest BCUT2D eigenvalue weighted by Crippen LogP contribution is 2.11. The van der Waals surface area contributed by atoms with E-state index < -0.39 is 0 Å². The molecule has 16 heavy (non-hydrogen) atoms. The van der Waals surface area contributed by atoms with Crippen LogP contribution in [0.15, 0.2) is 29.2 Å². The minimum atomic E-state index is -0.0600. The Kier molecular flexibility index (Phi) is 2.76. The van der Waals surface area contributed by atoms with Crippen molar-refractivity contribution in [3.05, 3.63) is 40.4 Å². The highest BCUT2D eigenvalue weighted by molar-refractivity contribution is 5.54. The fourth-order valence-electron chi connectivity index (χ4n) is 1.45. The predicted octanol–water partition coefficient (Wildman–Crippen LogP) is 1.41. The topological polar surface area (TPSA) is 62.7 Å². The molecule has 0 aliphatic heterocycles. The molecule has 2 rings (SSSR count). The van der Waals surface area contributed by atoms with Crippen molar-refractivity contribution in [3.63, 3.8) is 0 Å². The second-order valence-corrected chi connectivity index (χ2v) is 3.59. The summed E-state index contributed by atoms with van der Waals surface area (Å²) in [6.45, 7) is 2.03. The zero-order valence-corrected chi connectivity index (χ0v) is 9.32. The number of aromatic amines is 1. The van der Waals surface area contributed by atoms with Crippen molar-refractivity contribution in [1.29, 1.82) is 0 Å². The molecular formula is C11H14N4O. The van der Waals surface area contributed by atoms with E-state index in [1.54, 1.807) is 19.3 Å². The monoisotopic (exact) mass is 218 g/mol. The van der Waals surface area contributed by atoms with Crippen LogP contribution >= 0.6 is 0 Å². The Hall–Kier alpha value is -2.04. The largest absolute Gasteiger partial charge is 0.336 e. The number of hydrogen-bond acceptors (Lipinski definition) is 3. The molecule has 0 atom stereocenters. The van der Waals surface area contributed by atoms with Crippen molar-refractivity contribution in [1.82, 2.24) is 14.8 Å². The highest BCUT2D eigenvalue weighted by Gasteiger charge is 2.03. The van der Waals surface area contributed by atoms with Gasteiger partial charge in [0.05, 0.1) is 5.69 Å². The van der Waals surface area contributed by atoms with Gasteiger partial charge in [0, 0.05) is 19.3 Å². The van der Waals surface area contributed by atoms with Crippen LogP contribution in [0.1, 0.15) is 12.6 Å². The third kappa shape index (κ3) is 1.98. The maximum Gasteiger partial charge on any atom is 0.274 e. The van der Waals surface area contributed by atoms with Crippen LogP contribution in [0.3, 0.4) is 0 Å². The molecule has 0 aliphatic carbocycles. The standard InChI is InChI=1S/C11H14N4O/c1-3-8-7-10(14-13-8)12-9-5-4-6-15(2)11(9)16/h4-7H,3H2,1-2H3,(H2,12,13,14). The Bertz CT molecular complexity index is 541. The first-order valence-corrected chi connectivity index (χ1v) is 5.17. The van der Waals surface area contributed by atoms with Gasteiger partial charge in [-0.1, -0.05) is 6.92 Å². The van der Waals surface area contributed by atoms with Gasteiger partial charge in [0.25, 0.3) is 5.56 Å². The lowest BCUT2D eigenvalue weighted by molar-refractivity contribution is 0.862. The number of nitrogens with zero attached hydrogens (tertiary/aromatic N) is 2. The van der Waals surface area contributed by atoms with E-state index in [0.717, 1.165) is 17.9 Å². The van der Waals surface area contributed by atoms with Crippen molar-refractivity contribution in [2.75, 3.05) is 5.32 Å². The Morgan fingerprint density at radius 3 is 3.06 bits per heavy atom. The van der Waals surface area contributed by atoms with E-state index in [2.05, 4.69) is 15.5 Å². The summed E-state index contributed by atoms with van der Waals surface area (Å²) in [5.41, 5.74) is 1.45. The lowest BCUT2D eigenvalue weighted by Gasteiger charge is -2.03. The summed E-state index contributed by atoms with van der Waals surface area (Å²) in [7, 11) is 1.72. The number of anilines is 2. The van der Waals surface area contributed by atoms with E-state index in [1.165, 1.54) is 4.57 Å². The van der Waals surface area contributed by atoms with E-state index >= 15 is 0 Å². The first-order chi connectivity index (χ1) is 7.70. The predicted molar refractivity (Wildman–Crippen MR) is 62.9 cm³/mol. The number of rotatable bonds is 3. The van der Waals surface area contributed by atoms with Crippen molar-refractivity contribution in [3.8, 4) is 0 Å². The second-order valence-electron chi connectivity index (χ2n) is 3.59. The average molecular weight is 218 g/mol. The summed E-state index contributed by atoms with van der Waals surface area (Å²) in [6, 6.07) is 5.46. The van der Waals surface area contributed by atoms with Gasteiger partial charge in [0.1, 0.15) is 11.5 Å². The van der Waals surface area contributed by atoms with Gasteiger partial charge in [0.15, 0.2) is 0 Å². The summed E-state index contributed by atoms with van der Waals surface area (Å²) in [6.07, 6.45) is 2.59. The van der Waals surface area contributed by atoms with Crippen LogP contribution in [0.2, 0.25) is 0 Å². The summed E-state index contributed by atoms with van der Waals surface area (Å²) in [4.78, 5) is 11.7. The molecular weight excluding hydrogens is 204 g/mol. The van der Waals surface area contributed by atoms with Gasteiger partial charge in [-0.15, -0.1) is 0 Å². The molecule has 0 spiro atoms. The number of pyridine rings is 1. The molecule has 0 saturated heterocycles. The number of aromatic nitrogens is 3.